The molecule has 0 radical (unpaired) electrons. The van der Waals surface area contributed by atoms with Crippen molar-refractivity contribution in [3.05, 3.63) is 47.3 Å². The highest BCUT2D eigenvalue weighted by Gasteiger charge is 2.36. The summed E-state index contributed by atoms with van der Waals surface area (Å²) >= 11 is 0. The highest BCUT2D eigenvalue weighted by Crippen LogP contribution is 2.40. The predicted octanol–water partition coefficient (Wildman–Crippen LogP) is 2.13. The van der Waals surface area contributed by atoms with E-state index < -0.39 is 5.97 Å². The molecular formula is C17H19N3O4. The Morgan fingerprint density at radius 1 is 1.33 bits per heavy atom. The number of carboxylic acids is 1. The van der Waals surface area contributed by atoms with Gasteiger partial charge >= 0.3 is 5.97 Å². The summed E-state index contributed by atoms with van der Waals surface area (Å²) in [7, 11) is 3.37. The molecule has 1 fully saturated rings. The van der Waals surface area contributed by atoms with Crippen LogP contribution in [0.15, 0.2) is 30.3 Å². The van der Waals surface area contributed by atoms with Crippen molar-refractivity contribution in [1.82, 2.24) is 15.1 Å². The van der Waals surface area contributed by atoms with Crippen molar-refractivity contribution in [2.75, 3.05) is 14.2 Å². The number of carbonyl (C=O) groups is 2. The number of hydrogen-bond donors (Lipinski definition) is 2. The molecule has 7 nitrogen and oxygen atoms in total. The number of carbonyl (C=O) groups excluding carboxylic acids is 1. The minimum atomic E-state index is -1.13. The molecule has 0 atom stereocenters. The number of ether oxygens (including phenoxy) is 1. The average molecular weight is 329 g/mol. The maximum absolute atomic E-state index is 12.4. The van der Waals surface area contributed by atoms with Crippen LogP contribution in [-0.4, -0.2) is 52.3 Å². The first-order chi connectivity index (χ1) is 11.5. The van der Waals surface area contributed by atoms with Gasteiger partial charge in [-0.15, -0.1) is 0 Å². The van der Waals surface area contributed by atoms with Crippen LogP contribution in [0, 0.1) is 0 Å². The lowest BCUT2D eigenvalue weighted by molar-refractivity contribution is 0.0614. The van der Waals surface area contributed by atoms with E-state index in [0.29, 0.717) is 5.92 Å². The zero-order valence-electron chi connectivity index (χ0n) is 13.5. The zero-order valence-corrected chi connectivity index (χ0v) is 13.5. The molecule has 2 N–H and O–H groups in total. The lowest BCUT2D eigenvalue weighted by Crippen LogP contribution is -2.44. The van der Waals surface area contributed by atoms with Crippen molar-refractivity contribution in [1.29, 1.82) is 0 Å². The lowest BCUT2D eigenvalue weighted by Gasteiger charge is -2.41. The van der Waals surface area contributed by atoms with Crippen LogP contribution < -0.4 is 4.74 Å². The zero-order chi connectivity index (χ0) is 17.3. The molecule has 3 rings (SSSR count). The number of nitrogens with zero attached hydrogens (tertiary/aromatic N) is 2. The number of nitrogens with one attached hydrogen (secondary N) is 1. The molecule has 1 saturated carbocycles. The van der Waals surface area contributed by atoms with Gasteiger partial charge in [0, 0.05) is 19.2 Å². The summed E-state index contributed by atoms with van der Waals surface area (Å²) in [4.78, 5) is 24.9. The van der Waals surface area contributed by atoms with Crippen LogP contribution in [-0.2, 0) is 0 Å². The Bertz CT molecular complexity index is 765. The van der Waals surface area contributed by atoms with Gasteiger partial charge in [0.05, 0.1) is 7.11 Å². The number of amides is 1. The largest absolute Gasteiger partial charge is 0.497 e. The molecule has 24 heavy (non-hydrogen) atoms. The molecule has 0 spiro atoms. The van der Waals surface area contributed by atoms with Gasteiger partial charge in [-0.05, 0) is 36.5 Å². The topological polar surface area (TPSA) is 95.5 Å². The van der Waals surface area contributed by atoms with Gasteiger partial charge in [0.1, 0.15) is 11.4 Å². The third-order valence-electron chi connectivity index (χ3n) is 4.57. The van der Waals surface area contributed by atoms with E-state index in [9.17, 15) is 9.59 Å². The molecule has 1 aliphatic rings. The summed E-state index contributed by atoms with van der Waals surface area (Å²) < 4.78 is 5.24. The molecule has 0 saturated heterocycles. The molecule has 0 aliphatic heterocycles. The second-order valence-electron chi connectivity index (χ2n) is 5.99. The van der Waals surface area contributed by atoms with Gasteiger partial charge in [0.2, 0.25) is 0 Å². The standard InChI is InChI=1S/C17H19N3O4/c1-20(16(21)14-9-15(17(22)23)19-18-14)12-6-11(7-12)10-4-3-5-13(8-10)24-2/h3-5,8-9,11-12H,6-7H2,1-2H3,(H,18,19)(H,22,23). The van der Waals surface area contributed by atoms with E-state index in [0.717, 1.165) is 18.6 Å². The Labute approximate surface area is 139 Å². The number of benzene rings is 1. The summed E-state index contributed by atoms with van der Waals surface area (Å²) in [5, 5.41) is 15.0. The number of rotatable bonds is 5. The van der Waals surface area contributed by atoms with Crippen molar-refractivity contribution in [2.45, 2.75) is 24.8 Å². The van der Waals surface area contributed by atoms with Crippen molar-refractivity contribution >= 4 is 11.9 Å². The van der Waals surface area contributed by atoms with Gasteiger partial charge in [0.25, 0.3) is 5.91 Å². The number of aromatic amines is 1. The smallest absolute Gasteiger partial charge is 0.353 e. The van der Waals surface area contributed by atoms with E-state index in [1.165, 1.54) is 11.6 Å². The molecule has 1 aliphatic carbocycles. The van der Waals surface area contributed by atoms with E-state index >= 15 is 0 Å². The second-order valence-corrected chi connectivity index (χ2v) is 5.99. The Balaban J connectivity index is 1.62. The minimum absolute atomic E-state index is 0.0883. The van der Waals surface area contributed by atoms with E-state index in [4.69, 9.17) is 9.84 Å². The fraction of sp³-hybridized carbons (Fsp3) is 0.353. The van der Waals surface area contributed by atoms with Crippen LogP contribution in [0.2, 0.25) is 0 Å². The van der Waals surface area contributed by atoms with Gasteiger partial charge in [-0.1, -0.05) is 12.1 Å². The van der Waals surface area contributed by atoms with Crippen LogP contribution in [0.1, 0.15) is 45.3 Å². The second kappa shape index (κ2) is 6.35. The van der Waals surface area contributed by atoms with Gasteiger partial charge < -0.3 is 14.7 Å². The van der Waals surface area contributed by atoms with Crippen molar-refractivity contribution in [3.63, 3.8) is 0 Å². The van der Waals surface area contributed by atoms with Crippen LogP contribution in [0.25, 0.3) is 0 Å². The summed E-state index contributed by atoms with van der Waals surface area (Å²) in [5.41, 5.74) is 1.24. The minimum Gasteiger partial charge on any atom is -0.497 e. The van der Waals surface area contributed by atoms with E-state index in [1.807, 2.05) is 18.2 Å². The van der Waals surface area contributed by atoms with Gasteiger partial charge in [-0.25, -0.2) is 4.79 Å². The fourth-order valence-corrected chi connectivity index (χ4v) is 2.96. The number of carboxylic acid groups (broad SMARTS) is 1. The monoisotopic (exact) mass is 329 g/mol. The van der Waals surface area contributed by atoms with Crippen LogP contribution in [0.4, 0.5) is 0 Å². The molecule has 1 aromatic carbocycles. The highest BCUT2D eigenvalue weighted by molar-refractivity contribution is 5.95. The maximum atomic E-state index is 12.4. The molecule has 7 heteroatoms. The third-order valence-corrected chi connectivity index (χ3v) is 4.57. The van der Waals surface area contributed by atoms with Crippen LogP contribution >= 0.6 is 0 Å². The Kier molecular flexibility index (Phi) is 4.24. The van der Waals surface area contributed by atoms with E-state index in [1.54, 1.807) is 19.1 Å². The number of hydrogen-bond acceptors (Lipinski definition) is 4. The van der Waals surface area contributed by atoms with Gasteiger partial charge in [-0.2, -0.15) is 5.10 Å². The molecule has 2 aromatic rings. The highest BCUT2D eigenvalue weighted by atomic mass is 16.5. The quantitative estimate of drug-likeness (QED) is 0.876. The van der Waals surface area contributed by atoms with Crippen LogP contribution in [0.3, 0.4) is 0 Å². The van der Waals surface area contributed by atoms with Crippen LogP contribution in [0.5, 0.6) is 5.75 Å². The third kappa shape index (κ3) is 2.97. The number of H-pyrrole nitrogens is 1. The SMILES string of the molecule is COc1cccc(C2CC(N(C)C(=O)c3cc(C(=O)O)[nH]n3)C2)c1. The molecule has 1 aromatic heterocycles. The number of aromatic carboxylic acids is 1. The van der Waals surface area contributed by atoms with Crippen molar-refractivity contribution in [3.8, 4) is 5.75 Å². The summed E-state index contributed by atoms with van der Waals surface area (Å²) in [6.07, 6.45) is 1.73. The van der Waals surface area contributed by atoms with Gasteiger partial charge in [0.15, 0.2) is 5.69 Å². The average Bonchev–Trinajstić information content (AvgIpc) is 3.03. The fourth-order valence-electron chi connectivity index (χ4n) is 2.96. The predicted molar refractivity (Wildman–Crippen MR) is 86.4 cm³/mol. The Morgan fingerprint density at radius 3 is 2.71 bits per heavy atom. The van der Waals surface area contributed by atoms with Gasteiger partial charge in [-0.3, -0.25) is 9.89 Å². The lowest BCUT2D eigenvalue weighted by atomic mass is 9.75. The summed E-state index contributed by atoms with van der Waals surface area (Å²) in [6.45, 7) is 0. The first-order valence-electron chi connectivity index (χ1n) is 7.69. The molecule has 0 bridgehead atoms. The molecule has 126 valence electrons. The van der Waals surface area contributed by atoms with E-state index in [2.05, 4.69) is 16.3 Å². The number of aromatic nitrogens is 2. The molecule has 1 amide bonds. The first kappa shape index (κ1) is 16.0. The molecule has 1 heterocycles. The normalized spacial score (nSPS) is 19.4. The maximum Gasteiger partial charge on any atom is 0.353 e. The molecule has 0 unspecified atom stereocenters. The van der Waals surface area contributed by atoms with E-state index in [-0.39, 0.29) is 23.3 Å². The summed E-state index contributed by atoms with van der Waals surface area (Å²) in [5.74, 6) is -0.175. The molecular weight excluding hydrogens is 310 g/mol. The Hall–Kier alpha value is -2.83. The Morgan fingerprint density at radius 2 is 2.08 bits per heavy atom. The number of methoxy groups -OCH3 is 1. The first-order valence-corrected chi connectivity index (χ1v) is 7.69. The summed E-state index contributed by atoms with van der Waals surface area (Å²) in [6, 6.07) is 9.35. The van der Waals surface area contributed by atoms with Crippen molar-refractivity contribution < 1.29 is 19.4 Å². The van der Waals surface area contributed by atoms with Crippen molar-refractivity contribution in [2.24, 2.45) is 0 Å².